The van der Waals surface area contributed by atoms with Crippen molar-refractivity contribution in [3.8, 4) is 0 Å². The minimum absolute atomic E-state index is 0.0735. The molecule has 0 aromatic heterocycles. The van der Waals surface area contributed by atoms with Crippen molar-refractivity contribution in [1.29, 1.82) is 0 Å². The van der Waals surface area contributed by atoms with E-state index in [2.05, 4.69) is 13.5 Å². The van der Waals surface area contributed by atoms with Crippen LogP contribution in [-0.4, -0.2) is 61.8 Å². The molecule has 0 aromatic carbocycles. The molecule has 0 rings (SSSR count). The summed E-state index contributed by atoms with van der Waals surface area (Å²) in [4.78, 5) is 9.74. The molecule has 0 fully saturated rings. The van der Waals surface area contributed by atoms with Gasteiger partial charge in [-0.3, -0.25) is 9.05 Å². The molecule has 0 aliphatic heterocycles. The van der Waals surface area contributed by atoms with Crippen LogP contribution in [0.2, 0.25) is 0 Å². The Morgan fingerprint density at radius 3 is 1.68 bits per heavy atom. The van der Waals surface area contributed by atoms with Crippen molar-refractivity contribution >= 4 is 19.6 Å². The van der Waals surface area contributed by atoms with Crippen LogP contribution in [0.15, 0.2) is 12.2 Å². The summed E-state index contributed by atoms with van der Waals surface area (Å²) in [7, 11) is 2.02. The largest absolute Gasteiger partial charge is 0.472 e. The Labute approximate surface area is 216 Å². The number of likely N-dealkylation sites (N-methyl/N-ethyl adjacent to an activating group) is 1. The zero-order valence-corrected chi connectivity index (χ0v) is 24.7. The normalized spacial score (nSPS) is 13.8. The monoisotopic (exact) mass is 522 g/mol. The van der Waals surface area contributed by atoms with Gasteiger partial charge in [-0.1, -0.05) is 110 Å². The summed E-state index contributed by atoms with van der Waals surface area (Å²) in [5.74, 6) is 1.87. The van der Waals surface area contributed by atoms with Gasteiger partial charge in [0.15, 0.2) is 0 Å². The molecular formula is C27H57NO4PS+. The first-order chi connectivity index (χ1) is 16.2. The molecular weight excluding hydrogens is 465 g/mol. The molecule has 0 aromatic rings. The molecule has 0 aliphatic rings. The lowest BCUT2D eigenvalue weighted by molar-refractivity contribution is -0.870. The van der Waals surface area contributed by atoms with Crippen LogP contribution in [0.3, 0.4) is 0 Å². The van der Waals surface area contributed by atoms with E-state index < -0.39 is 7.82 Å². The third-order valence-corrected chi connectivity index (χ3v) is 8.05. The number of hydrogen-bond acceptors (Lipinski definition) is 4. The fourth-order valence-corrected chi connectivity index (χ4v) is 5.31. The quantitative estimate of drug-likeness (QED) is 0.0535. The molecule has 0 radical (unpaired) electrons. The average Bonchev–Trinajstić information content (AvgIpc) is 2.76. The smallest absolute Gasteiger partial charge is 0.329 e. The molecule has 1 atom stereocenters. The van der Waals surface area contributed by atoms with Gasteiger partial charge < -0.3 is 9.38 Å². The lowest BCUT2D eigenvalue weighted by Crippen LogP contribution is -2.37. The number of phosphoric acid groups is 1. The highest BCUT2D eigenvalue weighted by Gasteiger charge is 2.22. The summed E-state index contributed by atoms with van der Waals surface area (Å²) in [5.41, 5.74) is 0.825. The molecule has 7 heteroatoms. The van der Waals surface area contributed by atoms with E-state index in [4.69, 9.17) is 9.05 Å². The highest BCUT2D eigenvalue weighted by atomic mass is 32.2. The van der Waals surface area contributed by atoms with Crippen LogP contribution < -0.4 is 0 Å². The molecule has 0 saturated carbocycles. The Bertz CT molecular complexity index is 525. The lowest BCUT2D eigenvalue weighted by atomic mass is 10.0. The Kier molecular flexibility index (Phi) is 22.5. The van der Waals surface area contributed by atoms with Crippen molar-refractivity contribution in [2.24, 2.45) is 0 Å². The number of nitrogens with zero attached hydrogens (tertiary/aromatic N) is 1. The predicted molar refractivity (Wildman–Crippen MR) is 151 cm³/mol. The first-order valence-electron chi connectivity index (χ1n) is 13.8. The minimum atomic E-state index is -3.99. The first-order valence-corrected chi connectivity index (χ1v) is 16.5. The maximum Gasteiger partial charge on any atom is 0.472 e. The fourth-order valence-electron chi connectivity index (χ4n) is 3.65. The van der Waals surface area contributed by atoms with Crippen LogP contribution in [0.1, 0.15) is 110 Å². The molecule has 1 N–H and O–H groups in total. The van der Waals surface area contributed by atoms with E-state index in [1.54, 1.807) is 0 Å². The topological polar surface area (TPSA) is 55.8 Å². The average molecular weight is 523 g/mol. The summed E-state index contributed by atoms with van der Waals surface area (Å²) in [6.45, 7) is 7.14. The van der Waals surface area contributed by atoms with Crippen LogP contribution in [0, 0.1) is 0 Å². The van der Waals surface area contributed by atoms with Crippen molar-refractivity contribution in [3.05, 3.63) is 12.2 Å². The Balaban J connectivity index is 3.37. The molecule has 0 aliphatic carbocycles. The van der Waals surface area contributed by atoms with Gasteiger partial charge in [0.05, 0.1) is 27.7 Å². The number of thioether (sulfide) groups is 1. The maximum absolute atomic E-state index is 11.9. The van der Waals surface area contributed by atoms with Gasteiger partial charge in [0, 0.05) is 5.75 Å². The van der Waals surface area contributed by atoms with Gasteiger partial charge in [-0.15, -0.1) is 0 Å². The van der Waals surface area contributed by atoms with E-state index in [9.17, 15) is 9.46 Å². The van der Waals surface area contributed by atoms with Gasteiger partial charge in [-0.2, -0.15) is 11.8 Å². The van der Waals surface area contributed by atoms with Crippen LogP contribution in [0.4, 0.5) is 0 Å². The van der Waals surface area contributed by atoms with Gasteiger partial charge in [-0.25, -0.2) is 4.57 Å². The van der Waals surface area contributed by atoms with Crippen LogP contribution in [-0.2, 0) is 13.6 Å². The summed E-state index contributed by atoms with van der Waals surface area (Å²) >= 11 is 1.83. The number of phosphoric ester groups is 1. The van der Waals surface area contributed by atoms with Gasteiger partial charge in [0.1, 0.15) is 13.2 Å². The van der Waals surface area contributed by atoms with E-state index in [0.717, 1.165) is 17.1 Å². The third kappa shape index (κ3) is 26.8. The molecule has 0 saturated heterocycles. The summed E-state index contributed by atoms with van der Waals surface area (Å²) < 4.78 is 22.7. The minimum Gasteiger partial charge on any atom is -0.329 e. The van der Waals surface area contributed by atoms with Crippen LogP contribution >= 0.6 is 19.6 Å². The Morgan fingerprint density at radius 1 is 0.794 bits per heavy atom. The number of quaternary nitrogens is 1. The molecule has 34 heavy (non-hydrogen) atoms. The standard InChI is InChI=1S/C27H56NO4PS/c1-6-7-8-9-10-11-12-13-14-15-16-17-18-19-20-21-24-34-26-27(2)25-32-33(29,30)31-23-22-28(3,4)5/h2,6-26H2,1,3-5H3/p+1. The summed E-state index contributed by atoms with van der Waals surface area (Å²) in [6, 6.07) is 0. The third-order valence-electron chi connectivity index (χ3n) is 5.90. The predicted octanol–water partition coefficient (Wildman–Crippen LogP) is 8.38. The highest BCUT2D eigenvalue weighted by molar-refractivity contribution is 7.99. The van der Waals surface area contributed by atoms with E-state index in [0.29, 0.717) is 11.0 Å². The van der Waals surface area contributed by atoms with Crippen molar-refractivity contribution in [2.75, 3.05) is 52.4 Å². The zero-order chi connectivity index (χ0) is 25.5. The van der Waals surface area contributed by atoms with Crippen LogP contribution in [0.5, 0.6) is 0 Å². The maximum atomic E-state index is 11.9. The fraction of sp³-hybridized carbons (Fsp3) is 0.926. The molecule has 1 unspecified atom stereocenters. The second kappa shape index (κ2) is 22.4. The lowest BCUT2D eigenvalue weighted by Gasteiger charge is -2.24. The van der Waals surface area contributed by atoms with Crippen molar-refractivity contribution in [2.45, 2.75) is 110 Å². The van der Waals surface area contributed by atoms with Crippen molar-refractivity contribution in [1.82, 2.24) is 0 Å². The molecule has 0 spiro atoms. The van der Waals surface area contributed by atoms with E-state index in [1.807, 2.05) is 32.9 Å². The van der Waals surface area contributed by atoms with E-state index in [-0.39, 0.29) is 13.2 Å². The van der Waals surface area contributed by atoms with Crippen molar-refractivity contribution < 1.29 is 23.0 Å². The second-order valence-electron chi connectivity index (χ2n) is 10.7. The van der Waals surface area contributed by atoms with Gasteiger partial charge in [0.2, 0.25) is 0 Å². The SMILES string of the molecule is C=C(COP(=O)(O)OCC[N+](C)(C)C)CSCCCCCCCCCCCCCCCCCC. The van der Waals surface area contributed by atoms with Gasteiger partial charge >= 0.3 is 7.82 Å². The number of rotatable bonds is 26. The molecule has 5 nitrogen and oxygen atoms in total. The molecule has 0 bridgehead atoms. The molecule has 0 heterocycles. The Hall–Kier alpha value is 0.160. The van der Waals surface area contributed by atoms with E-state index in [1.165, 1.54) is 103 Å². The molecule has 0 amide bonds. The second-order valence-corrected chi connectivity index (χ2v) is 13.3. The van der Waals surface area contributed by atoms with Gasteiger partial charge in [0.25, 0.3) is 0 Å². The first kappa shape index (κ1) is 34.2. The Morgan fingerprint density at radius 2 is 1.24 bits per heavy atom. The van der Waals surface area contributed by atoms with Crippen molar-refractivity contribution in [3.63, 3.8) is 0 Å². The number of hydrogen-bond donors (Lipinski definition) is 1. The van der Waals surface area contributed by atoms with Gasteiger partial charge in [-0.05, 0) is 17.7 Å². The van der Waals surface area contributed by atoms with Crippen LogP contribution in [0.25, 0.3) is 0 Å². The highest BCUT2D eigenvalue weighted by Crippen LogP contribution is 2.43. The number of unbranched alkanes of at least 4 members (excludes halogenated alkanes) is 15. The van der Waals surface area contributed by atoms with E-state index >= 15 is 0 Å². The molecule has 204 valence electrons. The summed E-state index contributed by atoms with van der Waals surface area (Å²) in [6.07, 6.45) is 22.2. The summed E-state index contributed by atoms with van der Waals surface area (Å²) in [5, 5.41) is 0. The zero-order valence-electron chi connectivity index (χ0n) is 23.0.